The normalized spacial score (nSPS) is 11.6. The lowest BCUT2D eigenvalue weighted by Gasteiger charge is -1.98. The van der Waals surface area contributed by atoms with Gasteiger partial charge < -0.3 is 16.2 Å². The van der Waals surface area contributed by atoms with E-state index in [1.165, 1.54) is 25.5 Å². The number of carbonyl (C=O) groups is 1. The zero-order chi connectivity index (χ0) is 9.56. The van der Waals surface area contributed by atoms with E-state index in [-0.39, 0.29) is 5.57 Å². The molecule has 0 saturated carbocycles. The van der Waals surface area contributed by atoms with E-state index >= 15 is 0 Å². The molecule has 0 saturated heterocycles. The van der Waals surface area contributed by atoms with Gasteiger partial charge in [-0.3, -0.25) is 4.79 Å². The maximum absolute atomic E-state index is 10.7. The van der Waals surface area contributed by atoms with Crippen molar-refractivity contribution >= 4 is 5.91 Å². The Bertz CT molecular complexity index is 241. The number of nitrogens with two attached hydrogens (primary N) is 2. The van der Waals surface area contributed by atoms with Crippen molar-refractivity contribution in [2.75, 3.05) is 7.11 Å². The fourth-order valence-corrected chi connectivity index (χ4v) is 0.537. The quantitative estimate of drug-likeness (QED) is 0.353. The van der Waals surface area contributed by atoms with Gasteiger partial charge in [0.15, 0.2) is 0 Å². The van der Waals surface area contributed by atoms with Gasteiger partial charge in [0.25, 0.3) is 0 Å². The minimum absolute atomic E-state index is 0.254. The maximum Gasteiger partial charge on any atom is 0.248 e. The maximum atomic E-state index is 10.7. The van der Waals surface area contributed by atoms with Gasteiger partial charge >= 0.3 is 0 Å². The molecule has 1 amide bonds. The van der Waals surface area contributed by atoms with Crippen LogP contribution in [0.1, 0.15) is 0 Å². The number of allylic oxidation sites excluding steroid dienone is 1. The lowest BCUT2D eigenvalue weighted by atomic mass is 10.2. The van der Waals surface area contributed by atoms with Crippen LogP contribution in [0.25, 0.3) is 0 Å². The monoisotopic (exact) mass is 168 g/mol. The highest BCUT2D eigenvalue weighted by molar-refractivity contribution is 5.95. The van der Waals surface area contributed by atoms with Crippen molar-refractivity contribution in [3.63, 3.8) is 0 Å². The molecule has 0 aliphatic heterocycles. The molecule has 0 unspecified atom stereocenters. The lowest BCUT2D eigenvalue weighted by molar-refractivity contribution is -0.114. The Labute approximate surface area is 71.2 Å². The molecule has 0 spiro atoms. The highest BCUT2D eigenvalue weighted by atomic mass is 16.5. The molecule has 0 aromatic carbocycles. The first kappa shape index (κ1) is 10.3. The number of amides is 1. The summed E-state index contributed by atoms with van der Waals surface area (Å²) in [6.45, 7) is 3.50. The molecule has 0 aliphatic rings. The van der Waals surface area contributed by atoms with Crippen LogP contribution in [0.2, 0.25) is 0 Å². The van der Waals surface area contributed by atoms with Gasteiger partial charge in [0, 0.05) is 5.57 Å². The summed E-state index contributed by atoms with van der Waals surface area (Å²) in [6, 6.07) is 0. The van der Waals surface area contributed by atoms with Crippen LogP contribution in [0.4, 0.5) is 0 Å². The van der Waals surface area contributed by atoms with Gasteiger partial charge in [0.1, 0.15) is 5.76 Å². The summed E-state index contributed by atoms with van der Waals surface area (Å²) in [4.78, 5) is 10.7. The summed E-state index contributed by atoms with van der Waals surface area (Å²) < 4.78 is 4.72. The van der Waals surface area contributed by atoms with E-state index in [0.717, 1.165) is 0 Å². The molecule has 4 nitrogen and oxygen atoms in total. The molecule has 0 aromatic rings. The minimum Gasteiger partial charge on any atom is -0.497 e. The number of rotatable bonds is 4. The summed E-state index contributed by atoms with van der Waals surface area (Å²) >= 11 is 0. The van der Waals surface area contributed by atoms with Crippen molar-refractivity contribution < 1.29 is 9.53 Å². The first-order chi connectivity index (χ1) is 5.61. The van der Waals surface area contributed by atoms with Crippen LogP contribution in [0.15, 0.2) is 36.3 Å². The number of carbonyl (C=O) groups excluding carboxylic acids is 1. The summed E-state index contributed by atoms with van der Waals surface area (Å²) in [6.07, 6.45) is 4.01. The Balaban J connectivity index is 4.61. The Morgan fingerprint density at radius 1 is 1.58 bits per heavy atom. The van der Waals surface area contributed by atoms with Gasteiger partial charge in [-0.1, -0.05) is 6.58 Å². The molecule has 12 heavy (non-hydrogen) atoms. The third kappa shape index (κ3) is 3.46. The molecule has 0 heterocycles. The van der Waals surface area contributed by atoms with Gasteiger partial charge in [-0.05, 0) is 18.4 Å². The number of primary amides is 1. The second-order valence-electron chi connectivity index (χ2n) is 1.99. The van der Waals surface area contributed by atoms with E-state index < -0.39 is 5.91 Å². The Hall–Kier alpha value is -1.71. The SMILES string of the molecule is C=C(/C=C(\C=C/N)C(N)=O)OC. The molecule has 4 heteroatoms. The molecule has 0 rings (SSSR count). The predicted molar refractivity (Wildman–Crippen MR) is 46.8 cm³/mol. The molecule has 0 fully saturated rings. The summed E-state index contributed by atoms with van der Waals surface area (Å²) in [5.41, 5.74) is 10.4. The zero-order valence-corrected chi connectivity index (χ0v) is 6.91. The van der Waals surface area contributed by atoms with Crippen LogP contribution in [0.5, 0.6) is 0 Å². The van der Waals surface area contributed by atoms with E-state index in [1.54, 1.807) is 0 Å². The number of methoxy groups -OCH3 is 1. The number of hydrogen-bond donors (Lipinski definition) is 2. The Kier molecular flexibility index (Phi) is 4.30. The van der Waals surface area contributed by atoms with Crippen molar-refractivity contribution in [1.29, 1.82) is 0 Å². The van der Waals surface area contributed by atoms with Gasteiger partial charge in [-0.15, -0.1) is 0 Å². The second kappa shape index (κ2) is 5.01. The Morgan fingerprint density at radius 2 is 2.17 bits per heavy atom. The highest BCUT2D eigenvalue weighted by Crippen LogP contribution is 2.01. The Morgan fingerprint density at radius 3 is 2.50 bits per heavy atom. The van der Waals surface area contributed by atoms with Crippen LogP contribution in [0, 0.1) is 0 Å². The minimum atomic E-state index is -0.574. The van der Waals surface area contributed by atoms with E-state index in [9.17, 15) is 4.79 Å². The topological polar surface area (TPSA) is 78.3 Å². The number of hydrogen-bond acceptors (Lipinski definition) is 3. The van der Waals surface area contributed by atoms with Crippen molar-refractivity contribution in [3.05, 3.63) is 36.3 Å². The molecule has 0 bridgehead atoms. The largest absolute Gasteiger partial charge is 0.497 e. The number of ether oxygens (including phenoxy) is 1. The lowest BCUT2D eigenvalue weighted by Crippen LogP contribution is -2.13. The van der Waals surface area contributed by atoms with Crippen LogP contribution >= 0.6 is 0 Å². The van der Waals surface area contributed by atoms with Gasteiger partial charge in [-0.2, -0.15) is 0 Å². The van der Waals surface area contributed by atoms with Crippen LogP contribution < -0.4 is 11.5 Å². The first-order valence-corrected chi connectivity index (χ1v) is 3.24. The molecule has 0 radical (unpaired) electrons. The molecule has 0 aliphatic carbocycles. The summed E-state index contributed by atoms with van der Waals surface area (Å²) in [7, 11) is 1.45. The average molecular weight is 168 g/mol. The van der Waals surface area contributed by atoms with Crippen molar-refractivity contribution in [3.8, 4) is 0 Å². The second-order valence-corrected chi connectivity index (χ2v) is 1.99. The van der Waals surface area contributed by atoms with Crippen LogP contribution in [-0.2, 0) is 9.53 Å². The zero-order valence-electron chi connectivity index (χ0n) is 6.91. The predicted octanol–water partition coefficient (Wildman–Crippen LogP) is 0.0306. The van der Waals surface area contributed by atoms with Crippen LogP contribution in [-0.4, -0.2) is 13.0 Å². The molecule has 0 atom stereocenters. The van der Waals surface area contributed by atoms with Crippen molar-refractivity contribution in [2.24, 2.45) is 11.5 Å². The third-order valence-corrected chi connectivity index (χ3v) is 1.14. The highest BCUT2D eigenvalue weighted by Gasteiger charge is 2.00. The fraction of sp³-hybridized carbons (Fsp3) is 0.125. The first-order valence-electron chi connectivity index (χ1n) is 3.24. The molecule has 4 N–H and O–H groups in total. The molecular formula is C8H12N2O2. The standard InChI is InChI=1S/C8H12N2O2/c1-6(12-2)5-7(3-4-9)8(10)11/h3-5H,1,9H2,2H3,(H2,10,11)/b4-3-,7-5+. The smallest absolute Gasteiger partial charge is 0.248 e. The van der Waals surface area contributed by atoms with E-state index in [0.29, 0.717) is 5.76 Å². The van der Waals surface area contributed by atoms with E-state index in [4.69, 9.17) is 16.2 Å². The van der Waals surface area contributed by atoms with Crippen LogP contribution in [0.3, 0.4) is 0 Å². The molecule has 0 aromatic heterocycles. The van der Waals surface area contributed by atoms with Crippen molar-refractivity contribution in [1.82, 2.24) is 0 Å². The van der Waals surface area contributed by atoms with Gasteiger partial charge in [-0.25, -0.2) is 0 Å². The summed E-state index contributed by atoms with van der Waals surface area (Å²) in [5.74, 6) is -0.225. The van der Waals surface area contributed by atoms with E-state index in [2.05, 4.69) is 6.58 Å². The molecule has 66 valence electrons. The summed E-state index contributed by atoms with van der Waals surface area (Å²) in [5, 5.41) is 0. The third-order valence-electron chi connectivity index (χ3n) is 1.14. The molecular weight excluding hydrogens is 156 g/mol. The van der Waals surface area contributed by atoms with Gasteiger partial charge in [0.05, 0.1) is 7.11 Å². The fourth-order valence-electron chi connectivity index (χ4n) is 0.537. The average Bonchev–Trinajstić information content (AvgIpc) is 2.03. The van der Waals surface area contributed by atoms with E-state index in [1.807, 2.05) is 0 Å². The van der Waals surface area contributed by atoms with Crippen molar-refractivity contribution in [2.45, 2.75) is 0 Å². The van der Waals surface area contributed by atoms with Gasteiger partial charge in [0.2, 0.25) is 5.91 Å².